The van der Waals surface area contributed by atoms with E-state index in [0.717, 1.165) is 5.56 Å². The summed E-state index contributed by atoms with van der Waals surface area (Å²) in [6.07, 6.45) is 3.66. The van der Waals surface area contributed by atoms with Crippen LogP contribution in [0.1, 0.15) is 11.1 Å². The summed E-state index contributed by atoms with van der Waals surface area (Å²) in [5.41, 5.74) is 7.81. The van der Waals surface area contributed by atoms with E-state index < -0.39 is 0 Å². The lowest BCUT2D eigenvalue weighted by molar-refractivity contribution is 0.627. The van der Waals surface area contributed by atoms with Gasteiger partial charge in [0.2, 0.25) is 0 Å². The summed E-state index contributed by atoms with van der Waals surface area (Å²) >= 11 is 4.90. The lowest BCUT2D eigenvalue weighted by atomic mass is 10.1. The topological polar surface area (TPSA) is 55.9 Å². The predicted octanol–water partition coefficient (Wildman–Crippen LogP) is 1.81. The number of anilines is 1. The first-order chi connectivity index (χ1) is 8.56. The minimum atomic E-state index is -0.357. The van der Waals surface area contributed by atoms with Crippen LogP contribution in [0.25, 0.3) is 0 Å². The molecule has 0 bridgehead atoms. The Balaban J connectivity index is 2.16. The van der Waals surface area contributed by atoms with Crippen molar-refractivity contribution in [1.82, 2.24) is 9.78 Å². The van der Waals surface area contributed by atoms with E-state index in [1.54, 1.807) is 16.9 Å². The Bertz CT molecular complexity index is 579. The number of hydrogen-bond donors (Lipinski definition) is 2. The van der Waals surface area contributed by atoms with E-state index in [0.29, 0.717) is 17.8 Å². The Kier molecular flexibility index (Phi) is 3.57. The Morgan fingerprint density at radius 2 is 2.33 bits per heavy atom. The van der Waals surface area contributed by atoms with Crippen molar-refractivity contribution in [2.24, 2.45) is 12.8 Å². The Morgan fingerprint density at radius 3 is 2.94 bits per heavy atom. The van der Waals surface area contributed by atoms with E-state index in [9.17, 15) is 4.39 Å². The summed E-state index contributed by atoms with van der Waals surface area (Å²) in [4.78, 5) is 0.170. The van der Waals surface area contributed by atoms with E-state index in [1.165, 1.54) is 12.1 Å². The molecule has 0 saturated carbocycles. The van der Waals surface area contributed by atoms with Crippen molar-refractivity contribution < 1.29 is 4.39 Å². The van der Waals surface area contributed by atoms with Crippen LogP contribution in [0.4, 0.5) is 10.1 Å². The van der Waals surface area contributed by atoms with Crippen LogP contribution in [0, 0.1) is 5.82 Å². The maximum atomic E-state index is 13.1. The number of nitrogens with one attached hydrogen (secondary N) is 1. The van der Waals surface area contributed by atoms with Gasteiger partial charge >= 0.3 is 0 Å². The van der Waals surface area contributed by atoms with E-state index in [1.807, 2.05) is 13.2 Å². The van der Waals surface area contributed by atoms with Crippen LogP contribution < -0.4 is 11.1 Å². The molecular weight excluding hydrogens is 251 g/mol. The maximum Gasteiger partial charge on any atom is 0.124 e. The first-order valence-corrected chi connectivity index (χ1v) is 5.78. The number of aromatic nitrogens is 2. The molecule has 4 nitrogen and oxygen atoms in total. The molecule has 0 radical (unpaired) electrons. The molecule has 0 saturated heterocycles. The summed E-state index contributed by atoms with van der Waals surface area (Å²) in [7, 11) is 1.85. The summed E-state index contributed by atoms with van der Waals surface area (Å²) in [5, 5.41) is 7.23. The van der Waals surface area contributed by atoms with Crippen molar-refractivity contribution in [3.8, 4) is 0 Å². The molecule has 1 aromatic heterocycles. The lowest BCUT2D eigenvalue weighted by Gasteiger charge is -2.10. The standard InChI is InChI=1S/C12H13FN4S/c1-17-7-8(6-16-17)5-15-11-3-2-9(13)4-10(11)12(14)18/h2-4,6-7,15H,5H2,1H3,(H2,14,18). The fraction of sp³-hybridized carbons (Fsp3) is 0.167. The van der Waals surface area contributed by atoms with Crippen LogP contribution in [0.5, 0.6) is 0 Å². The van der Waals surface area contributed by atoms with Crippen LogP contribution in [0.3, 0.4) is 0 Å². The SMILES string of the molecule is Cn1cc(CNc2ccc(F)cc2C(N)=S)cn1. The zero-order chi connectivity index (χ0) is 13.1. The van der Waals surface area contributed by atoms with Gasteiger partial charge in [0, 0.05) is 36.6 Å². The molecule has 94 valence electrons. The molecule has 0 aliphatic heterocycles. The molecule has 18 heavy (non-hydrogen) atoms. The van der Waals surface area contributed by atoms with Gasteiger partial charge < -0.3 is 11.1 Å². The third kappa shape index (κ3) is 2.84. The first kappa shape index (κ1) is 12.5. The molecule has 0 unspecified atom stereocenters. The highest BCUT2D eigenvalue weighted by molar-refractivity contribution is 7.80. The highest BCUT2D eigenvalue weighted by Gasteiger charge is 2.07. The molecule has 6 heteroatoms. The molecular formula is C12H13FN4S. The second-order valence-corrected chi connectivity index (χ2v) is 4.37. The van der Waals surface area contributed by atoms with Crippen LogP contribution in [-0.2, 0) is 13.6 Å². The molecule has 1 heterocycles. The number of nitrogens with two attached hydrogens (primary N) is 1. The van der Waals surface area contributed by atoms with Crippen LogP contribution in [-0.4, -0.2) is 14.8 Å². The van der Waals surface area contributed by atoms with Crippen LogP contribution in [0.15, 0.2) is 30.6 Å². The van der Waals surface area contributed by atoms with E-state index in [-0.39, 0.29) is 10.8 Å². The van der Waals surface area contributed by atoms with Crippen molar-refractivity contribution in [2.75, 3.05) is 5.32 Å². The number of hydrogen-bond acceptors (Lipinski definition) is 3. The maximum absolute atomic E-state index is 13.1. The van der Waals surface area contributed by atoms with E-state index in [2.05, 4.69) is 10.4 Å². The summed E-state index contributed by atoms with van der Waals surface area (Å²) in [5.74, 6) is -0.357. The van der Waals surface area contributed by atoms with Gasteiger partial charge in [0.05, 0.1) is 6.20 Å². The van der Waals surface area contributed by atoms with Crippen molar-refractivity contribution >= 4 is 22.9 Å². The van der Waals surface area contributed by atoms with Gasteiger partial charge in [-0.2, -0.15) is 5.10 Å². The van der Waals surface area contributed by atoms with Crippen molar-refractivity contribution in [3.63, 3.8) is 0 Å². The number of thiocarbonyl (C=S) groups is 1. The second kappa shape index (κ2) is 5.14. The van der Waals surface area contributed by atoms with E-state index in [4.69, 9.17) is 18.0 Å². The van der Waals surface area contributed by atoms with Crippen molar-refractivity contribution in [3.05, 3.63) is 47.5 Å². The molecule has 2 aromatic rings. The zero-order valence-electron chi connectivity index (χ0n) is 9.85. The molecule has 0 aliphatic rings. The van der Waals surface area contributed by atoms with Crippen LogP contribution >= 0.6 is 12.2 Å². The zero-order valence-corrected chi connectivity index (χ0v) is 10.7. The molecule has 0 spiro atoms. The molecule has 0 aliphatic carbocycles. The van der Waals surface area contributed by atoms with Gasteiger partial charge in [-0.05, 0) is 18.2 Å². The van der Waals surface area contributed by atoms with Gasteiger partial charge in [0.25, 0.3) is 0 Å². The minimum Gasteiger partial charge on any atom is -0.389 e. The quantitative estimate of drug-likeness (QED) is 0.827. The number of rotatable bonds is 4. The normalized spacial score (nSPS) is 10.3. The molecule has 3 N–H and O–H groups in total. The van der Waals surface area contributed by atoms with Gasteiger partial charge in [0.15, 0.2) is 0 Å². The number of nitrogens with zero attached hydrogens (tertiary/aromatic N) is 2. The van der Waals surface area contributed by atoms with Crippen LogP contribution in [0.2, 0.25) is 0 Å². The lowest BCUT2D eigenvalue weighted by Crippen LogP contribution is -2.13. The fourth-order valence-corrected chi connectivity index (χ4v) is 1.80. The molecule has 1 aromatic carbocycles. The Hall–Kier alpha value is -1.95. The Morgan fingerprint density at radius 1 is 1.56 bits per heavy atom. The van der Waals surface area contributed by atoms with Gasteiger partial charge in [-0.3, -0.25) is 4.68 Å². The minimum absolute atomic E-state index is 0.170. The highest BCUT2D eigenvalue weighted by Crippen LogP contribution is 2.17. The largest absolute Gasteiger partial charge is 0.389 e. The summed E-state index contributed by atoms with van der Waals surface area (Å²) < 4.78 is 14.8. The average Bonchev–Trinajstić information content (AvgIpc) is 2.73. The van der Waals surface area contributed by atoms with Gasteiger partial charge in [0.1, 0.15) is 10.8 Å². The average molecular weight is 264 g/mol. The number of aryl methyl sites for hydroxylation is 1. The number of halogens is 1. The molecule has 2 rings (SSSR count). The second-order valence-electron chi connectivity index (χ2n) is 3.93. The van der Waals surface area contributed by atoms with Gasteiger partial charge in [-0.1, -0.05) is 12.2 Å². The summed E-state index contributed by atoms with van der Waals surface area (Å²) in [6, 6.07) is 4.32. The van der Waals surface area contributed by atoms with Crippen molar-refractivity contribution in [1.29, 1.82) is 0 Å². The van der Waals surface area contributed by atoms with E-state index >= 15 is 0 Å². The third-order valence-electron chi connectivity index (χ3n) is 2.49. The third-order valence-corrected chi connectivity index (χ3v) is 2.71. The first-order valence-electron chi connectivity index (χ1n) is 5.37. The van der Waals surface area contributed by atoms with Gasteiger partial charge in [-0.15, -0.1) is 0 Å². The van der Waals surface area contributed by atoms with Gasteiger partial charge in [-0.25, -0.2) is 4.39 Å². The molecule has 0 atom stereocenters. The smallest absolute Gasteiger partial charge is 0.124 e. The van der Waals surface area contributed by atoms with Crippen molar-refractivity contribution in [2.45, 2.75) is 6.54 Å². The number of benzene rings is 1. The summed E-state index contributed by atoms with van der Waals surface area (Å²) in [6.45, 7) is 0.578. The molecule has 0 amide bonds. The fourth-order valence-electron chi connectivity index (χ4n) is 1.63. The highest BCUT2D eigenvalue weighted by atomic mass is 32.1. The predicted molar refractivity (Wildman–Crippen MR) is 72.8 cm³/mol. The monoisotopic (exact) mass is 264 g/mol. The Labute approximate surface area is 110 Å². The molecule has 0 fully saturated rings.